The van der Waals surface area contributed by atoms with Gasteiger partial charge in [0.15, 0.2) is 5.11 Å². The first-order valence-electron chi connectivity index (χ1n) is 9.39. The van der Waals surface area contributed by atoms with Gasteiger partial charge in [0.05, 0.1) is 10.2 Å². The molecular formula is C24H19N3OS2. The second kappa shape index (κ2) is 8.98. The van der Waals surface area contributed by atoms with Gasteiger partial charge in [0.1, 0.15) is 5.01 Å². The summed E-state index contributed by atoms with van der Waals surface area (Å²) in [4.78, 5) is 16.7. The van der Waals surface area contributed by atoms with Crippen LogP contribution in [-0.4, -0.2) is 16.0 Å². The van der Waals surface area contributed by atoms with Crippen molar-refractivity contribution in [2.75, 3.05) is 5.32 Å². The minimum atomic E-state index is -0.280. The summed E-state index contributed by atoms with van der Waals surface area (Å²) in [7, 11) is 0. The minimum absolute atomic E-state index is 0.251. The van der Waals surface area contributed by atoms with Crippen LogP contribution in [0.25, 0.3) is 26.9 Å². The molecule has 0 bridgehead atoms. The molecule has 6 heteroatoms. The van der Waals surface area contributed by atoms with Gasteiger partial charge in [0.25, 0.3) is 0 Å². The van der Waals surface area contributed by atoms with Gasteiger partial charge in [0.2, 0.25) is 5.91 Å². The van der Waals surface area contributed by atoms with Crippen molar-refractivity contribution in [3.8, 4) is 10.6 Å². The average molecular weight is 430 g/mol. The molecule has 30 heavy (non-hydrogen) atoms. The van der Waals surface area contributed by atoms with E-state index >= 15 is 0 Å². The number of thiocarbonyl (C=S) groups is 1. The van der Waals surface area contributed by atoms with E-state index in [1.165, 1.54) is 16.3 Å². The predicted octanol–water partition coefficient (Wildman–Crippen LogP) is 5.80. The molecular weight excluding hydrogens is 410 g/mol. The Labute approximate surface area is 184 Å². The number of aryl methyl sites for hydroxylation is 1. The number of rotatable bonds is 4. The lowest BCUT2D eigenvalue weighted by Crippen LogP contribution is -2.32. The van der Waals surface area contributed by atoms with Gasteiger partial charge >= 0.3 is 0 Å². The Morgan fingerprint density at radius 2 is 1.80 bits per heavy atom. The van der Waals surface area contributed by atoms with Crippen molar-refractivity contribution in [3.05, 3.63) is 90.0 Å². The Morgan fingerprint density at radius 3 is 2.57 bits per heavy atom. The highest BCUT2D eigenvalue weighted by molar-refractivity contribution is 7.80. The van der Waals surface area contributed by atoms with E-state index in [9.17, 15) is 4.79 Å². The smallest absolute Gasteiger partial charge is 0.250 e. The second-order valence-electron chi connectivity index (χ2n) is 6.75. The zero-order valence-electron chi connectivity index (χ0n) is 16.3. The van der Waals surface area contributed by atoms with E-state index in [1.54, 1.807) is 17.4 Å². The number of carbonyl (C=O) groups excluding carboxylic acids is 1. The molecule has 0 saturated heterocycles. The molecule has 0 aliphatic carbocycles. The van der Waals surface area contributed by atoms with Crippen LogP contribution in [-0.2, 0) is 4.79 Å². The maximum Gasteiger partial charge on any atom is 0.250 e. The lowest BCUT2D eigenvalue weighted by Gasteiger charge is -2.08. The number of benzene rings is 3. The standard InChI is InChI=1S/C24H19N3OS2/c1-16-7-13-20-21(15-16)30-23(26-20)18-9-11-19(12-10-18)25-24(29)27-22(28)14-8-17-5-3-2-4-6-17/h2-15H,1H3,(H2,25,27,28,29)/b14-8+. The summed E-state index contributed by atoms with van der Waals surface area (Å²) in [6.07, 6.45) is 3.20. The maximum atomic E-state index is 12.0. The predicted molar refractivity (Wildman–Crippen MR) is 130 cm³/mol. The molecule has 1 aromatic heterocycles. The quantitative estimate of drug-likeness (QED) is 0.318. The number of thiazole rings is 1. The van der Waals surface area contributed by atoms with Gasteiger partial charge < -0.3 is 5.32 Å². The second-order valence-corrected chi connectivity index (χ2v) is 8.19. The molecule has 4 rings (SSSR count). The zero-order valence-corrected chi connectivity index (χ0v) is 17.9. The van der Waals surface area contributed by atoms with Crippen molar-refractivity contribution in [2.45, 2.75) is 6.92 Å². The first kappa shape index (κ1) is 19.9. The van der Waals surface area contributed by atoms with Crippen LogP contribution in [0.1, 0.15) is 11.1 Å². The van der Waals surface area contributed by atoms with E-state index in [0.29, 0.717) is 0 Å². The molecule has 0 atom stereocenters. The summed E-state index contributed by atoms with van der Waals surface area (Å²) in [6.45, 7) is 2.08. The molecule has 0 aliphatic rings. The molecule has 4 nitrogen and oxygen atoms in total. The highest BCUT2D eigenvalue weighted by Gasteiger charge is 2.07. The number of nitrogens with one attached hydrogen (secondary N) is 2. The van der Waals surface area contributed by atoms with Crippen LogP contribution in [0, 0.1) is 6.92 Å². The van der Waals surface area contributed by atoms with Crippen molar-refractivity contribution in [1.82, 2.24) is 10.3 Å². The third-order valence-electron chi connectivity index (χ3n) is 4.40. The number of amides is 1. The van der Waals surface area contributed by atoms with Crippen LogP contribution >= 0.6 is 23.6 Å². The van der Waals surface area contributed by atoms with Gasteiger partial charge in [0, 0.05) is 17.3 Å². The Morgan fingerprint density at radius 1 is 1.03 bits per heavy atom. The van der Waals surface area contributed by atoms with E-state index in [-0.39, 0.29) is 11.0 Å². The van der Waals surface area contributed by atoms with Gasteiger partial charge in [-0.05, 0) is 72.7 Å². The van der Waals surface area contributed by atoms with E-state index in [4.69, 9.17) is 17.2 Å². The molecule has 0 saturated carbocycles. The number of fused-ring (bicyclic) bond motifs is 1. The third kappa shape index (κ3) is 4.97. The van der Waals surface area contributed by atoms with E-state index < -0.39 is 0 Å². The number of hydrogen-bond acceptors (Lipinski definition) is 4. The van der Waals surface area contributed by atoms with Crippen LogP contribution < -0.4 is 10.6 Å². The van der Waals surface area contributed by atoms with Crippen molar-refractivity contribution in [3.63, 3.8) is 0 Å². The molecule has 0 fully saturated rings. The molecule has 3 aromatic carbocycles. The van der Waals surface area contributed by atoms with Crippen molar-refractivity contribution in [1.29, 1.82) is 0 Å². The summed E-state index contributed by atoms with van der Waals surface area (Å²) in [5, 5.41) is 6.91. The largest absolute Gasteiger partial charge is 0.332 e. The summed E-state index contributed by atoms with van der Waals surface area (Å²) in [5.74, 6) is -0.280. The average Bonchev–Trinajstić information content (AvgIpc) is 3.16. The summed E-state index contributed by atoms with van der Waals surface area (Å²) >= 11 is 6.91. The third-order valence-corrected chi connectivity index (χ3v) is 5.67. The molecule has 0 aliphatic heterocycles. The summed E-state index contributed by atoms with van der Waals surface area (Å²) in [5.41, 5.74) is 5.03. The number of carbonyl (C=O) groups is 1. The molecule has 0 spiro atoms. The monoisotopic (exact) mass is 429 g/mol. The maximum absolute atomic E-state index is 12.0. The Kier molecular flexibility index (Phi) is 5.97. The molecule has 1 heterocycles. The van der Waals surface area contributed by atoms with E-state index in [2.05, 4.69) is 29.7 Å². The fourth-order valence-electron chi connectivity index (χ4n) is 2.90. The number of nitrogens with zero attached hydrogens (tertiary/aromatic N) is 1. The van der Waals surface area contributed by atoms with Crippen molar-refractivity contribution in [2.24, 2.45) is 0 Å². The van der Waals surface area contributed by atoms with Gasteiger partial charge in [-0.25, -0.2) is 4.98 Å². The topological polar surface area (TPSA) is 54.0 Å². The number of anilines is 1. The summed E-state index contributed by atoms with van der Waals surface area (Å²) < 4.78 is 1.18. The molecule has 0 unspecified atom stereocenters. The fraction of sp³-hybridized carbons (Fsp3) is 0.0417. The van der Waals surface area contributed by atoms with Crippen LogP contribution in [0.2, 0.25) is 0 Å². The normalized spacial score (nSPS) is 11.0. The fourth-order valence-corrected chi connectivity index (χ4v) is 4.19. The number of hydrogen-bond donors (Lipinski definition) is 2. The highest BCUT2D eigenvalue weighted by Crippen LogP contribution is 2.31. The van der Waals surface area contributed by atoms with Gasteiger partial charge in [-0.15, -0.1) is 11.3 Å². The van der Waals surface area contributed by atoms with Gasteiger partial charge in [-0.2, -0.15) is 0 Å². The minimum Gasteiger partial charge on any atom is -0.332 e. The first-order valence-corrected chi connectivity index (χ1v) is 10.6. The van der Waals surface area contributed by atoms with Crippen LogP contribution in [0.5, 0.6) is 0 Å². The first-order chi connectivity index (χ1) is 14.6. The van der Waals surface area contributed by atoms with Crippen LogP contribution in [0.15, 0.2) is 78.9 Å². The highest BCUT2D eigenvalue weighted by atomic mass is 32.1. The Bertz CT molecular complexity index is 1230. The zero-order chi connectivity index (χ0) is 20.9. The SMILES string of the molecule is Cc1ccc2nc(-c3ccc(NC(=S)NC(=O)/C=C/c4ccccc4)cc3)sc2c1. The van der Waals surface area contributed by atoms with Gasteiger partial charge in [-0.3, -0.25) is 10.1 Å². The molecule has 0 radical (unpaired) electrons. The van der Waals surface area contributed by atoms with Gasteiger partial charge in [-0.1, -0.05) is 36.4 Å². The number of aromatic nitrogens is 1. The molecule has 4 aromatic rings. The Balaban J connectivity index is 1.37. The van der Waals surface area contributed by atoms with Crippen LogP contribution in [0.4, 0.5) is 5.69 Å². The lowest BCUT2D eigenvalue weighted by atomic mass is 10.2. The van der Waals surface area contributed by atoms with E-state index in [0.717, 1.165) is 27.3 Å². The molecule has 2 N–H and O–H groups in total. The summed E-state index contributed by atoms with van der Waals surface area (Å²) in [6, 6.07) is 23.7. The lowest BCUT2D eigenvalue weighted by molar-refractivity contribution is -0.115. The Hall–Kier alpha value is -3.35. The van der Waals surface area contributed by atoms with Crippen molar-refractivity contribution < 1.29 is 4.79 Å². The van der Waals surface area contributed by atoms with Crippen molar-refractivity contribution >= 4 is 56.6 Å². The molecule has 148 valence electrons. The van der Waals surface area contributed by atoms with E-state index in [1.807, 2.05) is 60.7 Å². The van der Waals surface area contributed by atoms with Crippen LogP contribution in [0.3, 0.4) is 0 Å². The molecule has 1 amide bonds.